The van der Waals surface area contributed by atoms with Crippen molar-refractivity contribution in [1.82, 2.24) is 19.8 Å². The molecule has 2 saturated heterocycles. The van der Waals surface area contributed by atoms with Gasteiger partial charge in [-0.25, -0.2) is 12.7 Å². The molecule has 0 aromatic heterocycles. The number of sulfonamides is 1. The summed E-state index contributed by atoms with van der Waals surface area (Å²) >= 11 is 0. The van der Waals surface area contributed by atoms with Gasteiger partial charge in [-0.1, -0.05) is 42.5 Å². The van der Waals surface area contributed by atoms with Crippen molar-refractivity contribution < 1.29 is 32.7 Å². The molecular weight excluding hydrogens is 536 g/mol. The van der Waals surface area contributed by atoms with Crippen LogP contribution in [0.2, 0.25) is 0 Å². The van der Waals surface area contributed by atoms with Crippen LogP contribution in [0.1, 0.15) is 48.9 Å². The normalized spacial score (nSPS) is 27.2. The topological polar surface area (TPSA) is 153 Å². The Morgan fingerprint density at radius 1 is 0.975 bits per heavy atom. The Kier molecular flexibility index (Phi) is 7.65. The van der Waals surface area contributed by atoms with Gasteiger partial charge >= 0.3 is 0 Å². The van der Waals surface area contributed by atoms with Crippen LogP contribution in [0, 0.1) is 0 Å². The van der Waals surface area contributed by atoms with E-state index < -0.39 is 52.1 Å². The van der Waals surface area contributed by atoms with Crippen LogP contribution in [0.15, 0.2) is 54.6 Å². The second-order valence-corrected chi connectivity index (χ2v) is 12.4. The summed E-state index contributed by atoms with van der Waals surface area (Å²) in [6.07, 6.45) is 5.03. The van der Waals surface area contributed by atoms with Crippen molar-refractivity contribution in [2.24, 2.45) is 0 Å². The Hall–Kier alpha value is -3.77. The van der Waals surface area contributed by atoms with E-state index in [4.69, 9.17) is 0 Å². The second kappa shape index (κ2) is 11.0. The third-order valence-corrected chi connectivity index (χ3v) is 8.92. The lowest BCUT2D eigenvalue weighted by molar-refractivity contribution is -0.148. The first-order valence-electron chi connectivity index (χ1n) is 13.3. The number of amides is 4. The van der Waals surface area contributed by atoms with Gasteiger partial charge in [-0.05, 0) is 55.0 Å². The first-order chi connectivity index (χ1) is 19.0. The summed E-state index contributed by atoms with van der Waals surface area (Å²) in [4.78, 5) is 54.2. The van der Waals surface area contributed by atoms with Crippen molar-refractivity contribution >= 4 is 44.4 Å². The number of rotatable bonds is 5. The molecule has 2 aromatic rings. The number of nitrogens with one attached hydrogen (secondary N) is 2. The molecule has 0 radical (unpaired) electrons. The number of carbonyl (C=O) groups is 4. The van der Waals surface area contributed by atoms with Crippen molar-refractivity contribution in [2.45, 2.75) is 68.9 Å². The number of hydrogen-bond acceptors (Lipinski definition) is 7. The SMILES string of the molecule is CS(=O)(=O)N1C(=O)CC(NC(=O)C2CCCC3CC=CCC(NC(=O)c4ccc5ccccc5c4)C(=O)N32)C1O. The minimum Gasteiger partial charge on any atom is -0.370 e. The maximum Gasteiger partial charge on any atom is 0.251 e. The predicted octanol–water partition coefficient (Wildman–Crippen LogP) is 1.03. The molecule has 3 heterocycles. The molecule has 3 aliphatic rings. The Morgan fingerprint density at radius 3 is 2.42 bits per heavy atom. The maximum atomic E-state index is 13.9. The van der Waals surface area contributed by atoms with Gasteiger partial charge in [-0.2, -0.15) is 0 Å². The molecule has 11 nitrogen and oxygen atoms in total. The Morgan fingerprint density at radius 2 is 1.70 bits per heavy atom. The van der Waals surface area contributed by atoms with Crippen LogP contribution < -0.4 is 10.6 Å². The summed E-state index contributed by atoms with van der Waals surface area (Å²) in [6, 6.07) is 9.76. The highest BCUT2D eigenvalue weighted by Gasteiger charge is 2.47. The number of hydrogen-bond donors (Lipinski definition) is 3. The molecule has 12 heteroatoms. The minimum atomic E-state index is -4.02. The van der Waals surface area contributed by atoms with Gasteiger partial charge in [-0.15, -0.1) is 0 Å². The van der Waals surface area contributed by atoms with E-state index in [1.165, 1.54) is 4.90 Å². The van der Waals surface area contributed by atoms with Gasteiger partial charge in [0.1, 0.15) is 12.1 Å². The van der Waals surface area contributed by atoms with E-state index in [1.807, 2.05) is 42.5 Å². The fraction of sp³-hybridized carbons (Fsp3) is 0.429. The highest BCUT2D eigenvalue weighted by atomic mass is 32.2. The Labute approximate surface area is 232 Å². The monoisotopic (exact) mass is 568 g/mol. The number of piperidine rings is 1. The van der Waals surface area contributed by atoms with Crippen LogP contribution >= 0.6 is 0 Å². The third-order valence-electron chi connectivity index (χ3n) is 7.79. The maximum absolute atomic E-state index is 13.9. The van der Waals surface area contributed by atoms with Crippen LogP contribution in [0.4, 0.5) is 0 Å². The van der Waals surface area contributed by atoms with Crippen molar-refractivity contribution in [3.8, 4) is 0 Å². The van der Waals surface area contributed by atoms with Crippen LogP contribution in [0.5, 0.6) is 0 Å². The number of nitrogens with zero attached hydrogens (tertiary/aromatic N) is 2. The molecule has 0 saturated carbocycles. The number of aliphatic hydroxyl groups is 1. The van der Waals surface area contributed by atoms with Crippen molar-refractivity contribution in [2.75, 3.05) is 6.26 Å². The Balaban J connectivity index is 1.34. The summed E-state index contributed by atoms with van der Waals surface area (Å²) < 4.78 is 24.2. The van der Waals surface area contributed by atoms with Crippen LogP contribution in [0.25, 0.3) is 10.8 Å². The van der Waals surface area contributed by atoms with Gasteiger partial charge in [0.05, 0.1) is 18.7 Å². The molecule has 3 N–H and O–H groups in total. The van der Waals surface area contributed by atoms with Gasteiger partial charge in [0.2, 0.25) is 27.7 Å². The predicted molar refractivity (Wildman–Crippen MR) is 146 cm³/mol. The van der Waals surface area contributed by atoms with Gasteiger partial charge < -0.3 is 20.6 Å². The summed E-state index contributed by atoms with van der Waals surface area (Å²) in [5, 5.41) is 17.8. The van der Waals surface area contributed by atoms with E-state index in [-0.39, 0.29) is 24.8 Å². The van der Waals surface area contributed by atoms with Crippen molar-refractivity contribution in [3.63, 3.8) is 0 Å². The summed E-state index contributed by atoms with van der Waals surface area (Å²) in [6.45, 7) is 0. The summed E-state index contributed by atoms with van der Waals surface area (Å²) in [5.41, 5.74) is 0.414. The van der Waals surface area contributed by atoms with Gasteiger partial charge in [-0.3, -0.25) is 19.2 Å². The van der Waals surface area contributed by atoms with E-state index in [0.29, 0.717) is 35.6 Å². The van der Waals surface area contributed by atoms with E-state index in [1.54, 1.807) is 12.1 Å². The number of fused-ring (bicyclic) bond motifs is 2. The smallest absolute Gasteiger partial charge is 0.251 e. The van der Waals surface area contributed by atoms with Gasteiger partial charge in [0.25, 0.3) is 5.91 Å². The summed E-state index contributed by atoms with van der Waals surface area (Å²) in [7, 11) is -4.02. The van der Waals surface area contributed by atoms with Crippen molar-refractivity contribution in [3.05, 3.63) is 60.2 Å². The quantitative estimate of drug-likeness (QED) is 0.456. The number of aliphatic hydroxyl groups excluding tert-OH is 1. The van der Waals surface area contributed by atoms with Gasteiger partial charge in [0.15, 0.2) is 6.23 Å². The highest BCUT2D eigenvalue weighted by molar-refractivity contribution is 7.88. The zero-order chi connectivity index (χ0) is 28.6. The van der Waals surface area contributed by atoms with E-state index in [0.717, 1.165) is 17.0 Å². The molecule has 0 aliphatic carbocycles. The lowest BCUT2D eigenvalue weighted by Gasteiger charge is -2.43. The molecule has 3 aliphatic heterocycles. The molecule has 0 spiro atoms. The van der Waals surface area contributed by atoms with Gasteiger partial charge in [0, 0.05) is 11.6 Å². The lowest BCUT2D eigenvalue weighted by atomic mass is 9.90. The lowest BCUT2D eigenvalue weighted by Crippen LogP contribution is -2.62. The first kappa shape index (κ1) is 27.8. The molecule has 40 heavy (non-hydrogen) atoms. The first-order valence-corrected chi connectivity index (χ1v) is 15.2. The fourth-order valence-corrected chi connectivity index (χ4v) is 6.82. The zero-order valence-corrected chi connectivity index (χ0v) is 22.8. The molecule has 2 aromatic carbocycles. The van der Waals surface area contributed by atoms with Crippen molar-refractivity contribution in [1.29, 1.82) is 0 Å². The molecule has 5 rings (SSSR count). The number of benzene rings is 2. The molecular formula is C28H32N4O7S. The standard InChI is InChI=1S/C28H32N4O7S/c1-40(38,39)32-24(33)16-22(28(32)37)30-26(35)23-12-6-10-20-9-4-5-11-21(27(36)31(20)23)29-25(34)19-14-13-17-7-2-3-8-18(17)15-19/h2-5,7-8,13-15,20-23,28,37H,6,9-12,16H2,1H3,(H,29,34)(H,30,35). The molecule has 4 amide bonds. The van der Waals surface area contributed by atoms with E-state index in [9.17, 15) is 32.7 Å². The average Bonchev–Trinajstić information content (AvgIpc) is 3.20. The molecule has 5 atom stereocenters. The molecule has 5 unspecified atom stereocenters. The summed E-state index contributed by atoms with van der Waals surface area (Å²) in [5.74, 6) is -2.18. The van der Waals surface area contributed by atoms with E-state index in [2.05, 4.69) is 10.6 Å². The van der Waals surface area contributed by atoms with Crippen LogP contribution in [0.3, 0.4) is 0 Å². The highest BCUT2D eigenvalue weighted by Crippen LogP contribution is 2.29. The largest absolute Gasteiger partial charge is 0.370 e. The third kappa shape index (κ3) is 5.46. The number of carbonyl (C=O) groups excluding carboxylic acids is 4. The van der Waals surface area contributed by atoms with E-state index >= 15 is 0 Å². The minimum absolute atomic E-state index is 0.259. The van der Waals surface area contributed by atoms with Crippen LogP contribution in [-0.4, -0.2) is 83.0 Å². The molecule has 212 valence electrons. The fourth-order valence-electron chi connectivity index (χ4n) is 5.84. The molecule has 2 fully saturated rings. The molecule has 0 bridgehead atoms. The second-order valence-electron chi connectivity index (χ2n) is 10.6. The Bertz CT molecular complexity index is 1490. The zero-order valence-electron chi connectivity index (χ0n) is 22.0. The average molecular weight is 569 g/mol. The van der Waals surface area contributed by atoms with Crippen LogP contribution in [-0.2, 0) is 24.4 Å².